The standard InChI is InChI=1S/C7H12ClNO/c8-3-1-4-9-5-2-7(10)6-9/h1,3,7,10H,2,4-6H2/t7-/m1/s1. The zero-order valence-corrected chi connectivity index (χ0v) is 6.59. The summed E-state index contributed by atoms with van der Waals surface area (Å²) < 4.78 is 0. The summed E-state index contributed by atoms with van der Waals surface area (Å²) in [6.45, 7) is 2.64. The Morgan fingerprint density at radius 2 is 2.50 bits per heavy atom. The Kier molecular flexibility index (Phi) is 3.19. The van der Waals surface area contributed by atoms with Crippen molar-refractivity contribution < 1.29 is 5.11 Å². The van der Waals surface area contributed by atoms with E-state index in [0.717, 1.165) is 26.1 Å². The first-order valence-electron chi connectivity index (χ1n) is 3.48. The highest BCUT2D eigenvalue weighted by Crippen LogP contribution is 2.07. The van der Waals surface area contributed by atoms with Crippen LogP contribution in [-0.2, 0) is 0 Å². The number of hydrogen-bond acceptors (Lipinski definition) is 2. The predicted molar refractivity (Wildman–Crippen MR) is 42.1 cm³/mol. The molecule has 0 amide bonds. The van der Waals surface area contributed by atoms with E-state index in [1.54, 1.807) is 0 Å². The molecule has 0 spiro atoms. The van der Waals surface area contributed by atoms with Crippen molar-refractivity contribution in [2.45, 2.75) is 12.5 Å². The first kappa shape index (κ1) is 8.05. The first-order valence-corrected chi connectivity index (χ1v) is 3.92. The minimum Gasteiger partial charge on any atom is -0.392 e. The smallest absolute Gasteiger partial charge is 0.0679 e. The Morgan fingerprint density at radius 1 is 1.70 bits per heavy atom. The number of nitrogens with zero attached hydrogens (tertiary/aromatic N) is 1. The Labute approximate surface area is 66.1 Å². The molecule has 1 fully saturated rings. The molecular weight excluding hydrogens is 150 g/mol. The summed E-state index contributed by atoms with van der Waals surface area (Å²) in [5.41, 5.74) is 1.52. The summed E-state index contributed by atoms with van der Waals surface area (Å²) in [6, 6.07) is 0. The molecule has 10 heavy (non-hydrogen) atoms. The number of rotatable bonds is 2. The van der Waals surface area contributed by atoms with E-state index in [9.17, 15) is 0 Å². The highest BCUT2D eigenvalue weighted by atomic mass is 35.5. The molecule has 0 unspecified atom stereocenters. The van der Waals surface area contributed by atoms with Gasteiger partial charge in [-0.15, -0.1) is 0 Å². The Hall–Kier alpha value is -0.0500. The minimum absolute atomic E-state index is 0.122. The lowest BCUT2D eigenvalue weighted by atomic mass is 10.3. The summed E-state index contributed by atoms with van der Waals surface area (Å²) in [7, 11) is 0. The molecule has 0 aliphatic carbocycles. The molecule has 0 bridgehead atoms. The van der Waals surface area contributed by atoms with Gasteiger partial charge in [0.1, 0.15) is 0 Å². The molecule has 2 nitrogen and oxygen atoms in total. The van der Waals surface area contributed by atoms with Crippen LogP contribution >= 0.6 is 11.6 Å². The zero-order valence-electron chi connectivity index (χ0n) is 5.83. The van der Waals surface area contributed by atoms with Gasteiger partial charge in [0.15, 0.2) is 0 Å². The number of aliphatic hydroxyl groups excluding tert-OH is 1. The van der Waals surface area contributed by atoms with Crippen molar-refractivity contribution in [3.63, 3.8) is 0 Å². The summed E-state index contributed by atoms with van der Waals surface area (Å²) in [5.74, 6) is 0. The van der Waals surface area contributed by atoms with Gasteiger partial charge < -0.3 is 5.11 Å². The fourth-order valence-electron chi connectivity index (χ4n) is 1.17. The lowest BCUT2D eigenvalue weighted by molar-refractivity contribution is 0.179. The number of aliphatic hydroxyl groups is 1. The van der Waals surface area contributed by atoms with Crippen LogP contribution in [0.3, 0.4) is 0 Å². The molecule has 1 heterocycles. The van der Waals surface area contributed by atoms with E-state index in [1.165, 1.54) is 5.54 Å². The number of likely N-dealkylation sites (tertiary alicyclic amines) is 1. The molecule has 1 saturated heterocycles. The van der Waals surface area contributed by atoms with Gasteiger partial charge in [-0.3, -0.25) is 4.90 Å². The second kappa shape index (κ2) is 3.96. The summed E-state index contributed by atoms with van der Waals surface area (Å²) in [6.07, 6.45) is 2.67. The van der Waals surface area contributed by atoms with Gasteiger partial charge in [0.25, 0.3) is 0 Å². The highest BCUT2D eigenvalue weighted by Gasteiger charge is 2.18. The van der Waals surface area contributed by atoms with Gasteiger partial charge >= 0.3 is 0 Å². The molecule has 0 saturated carbocycles. The molecule has 0 radical (unpaired) electrons. The monoisotopic (exact) mass is 161 g/mol. The molecule has 1 N–H and O–H groups in total. The molecule has 3 heteroatoms. The molecule has 1 aliphatic heterocycles. The van der Waals surface area contributed by atoms with Crippen LogP contribution in [0, 0.1) is 0 Å². The second-order valence-corrected chi connectivity index (χ2v) is 2.82. The van der Waals surface area contributed by atoms with Crippen LogP contribution < -0.4 is 0 Å². The van der Waals surface area contributed by atoms with Crippen molar-refractivity contribution in [1.82, 2.24) is 4.90 Å². The van der Waals surface area contributed by atoms with E-state index in [0.29, 0.717) is 0 Å². The van der Waals surface area contributed by atoms with Gasteiger partial charge in [-0.2, -0.15) is 0 Å². The highest BCUT2D eigenvalue weighted by molar-refractivity contribution is 6.25. The Balaban J connectivity index is 2.18. The van der Waals surface area contributed by atoms with Crippen LogP contribution in [0.15, 0.2) is 11.6 Å². The van der Waals surface area contributed by atoms with Gasteiger partial charge in [0.05, 0.1) is 6.10 Å². The Bertz CT molecular complexity index is 127. The molecule has 1 rings (SSSR count). The third-order valence-electron chi connectivity index (χ3n) is 1.70. The molecular formula is C7H12ClNO. The van der Waals surface area contributed by atoms with Gasteiger partial charge in [0.2, 0.25) is 0 Å². The lowest BCUT2D eigenvalue weighted by Gasteiger charge is -2.10. The molecule has 1 atom stereocenters. The maximum absolute atomic E-state index is 9.10. The molecule has 0 aromatic heterocycles. The minimum atomic E-state index is -0.122. The van der Waals surface area contributed by atoms with E-state index >= 15 is 0 Å². The quantitative estimate of drug-likeness (QED) is 0.648. The normalized spacial score (nSPS) is 28.4. The van der Waals surface area contributed by atoms with Crippen LogP contribution in [0.25, 0.3) is 0 Å². The van der Waals surface area contributed by atoms with Crippen molar-refractivity contribution in [3.05, 3.63) is 11.6 Å². The van der Waals surface area contributed by atoms with Crippen molar-refractivity contribution in [2.75, 3.05) is 19.6 Å². The zero-order chi connectivity index (χ0) is 7.40. The fraction of sp³-hybridized carbons (Fsp3) is 0.714. The van der Waals surface area contributed by atoms with Crippen LogP contribution in [0.4, 0.5) is 0 Å². The largest absolute Gasteiger partial charge is 0.392 e. The van der Waals surface area contributed by atoms with Crippen LogP contribution in [0.1, 0.15) is 6.42 Å². The van der Waals surface area contributed by atoms with Crippen LogP contribution in [0.5, 0.6) is 0 Å². The van der Waals surface area contributed by atoms with Crippen molar-refractivity contribution in [1.29, 1.82) is 0 Å². The van der Waals surface area contributed by atoms with E-state index in [1.807, 2.05) is 6.08 Å². The van der Waals surface area contributed by atoms with Gasteiger partial charge in [-0.1, -0.05) is 17.7 Å². The molecule has 0 aromatic carbocycles. The van der Waals surface area contributed by atoms with Crippen LogP contribution in [-0.4, -0.2) is 35.7 Å². The van der Waals surface area contributed by atoms with Gasteiger partial charge in [-0.05, 0) is 6.42 Å². The summed E-state index contributed by atoms with van der Waals surface area (Å²) in [5, 5.41) is 9.10. The fourth-order valence-corrected chi connectivity index (χ4v) is 1.25. The predicted octanol–water partition coefficient (Wildman–Crippen LogP) is 0.806. The van der Waals surface area contributed by atoms with Crippen LogP contribution in [0.2, 0.25) is 0 Å². The van der Waals surface area contributed by atoms with E-state index in [2.05, 4.69) is 4.90 Å². The lowest BCUT2D eigenvalue weighted by Crippen LogP contribution is -2.21. The summed E-state index contributed by atoms with van der Waals surface area (Å²) in [4.78, 5) is 2.17. The summed E-state index contributed by atoms with van der Waals surface area (Å²) >= 11 is 5.35. The van der Waals surface area contributed by atoms with E-state index < -0.39 is 0 Å². The van der Waals surface area contributed by atoms with Crippen molar-refractivity contribution in [3.8, 4) is 0 Å². The Morgan fingerprint density at radius 3 is 3.00 bits per heavy atom. The molecule has 58 valence electrons. The number of hydrogen-bond donors (Lipinski definition) is 1. The SMILES string of the molecule is O[C@@H]1CCN(CC=CCl)C1. The van der Waals surface area contributed by atoms with Crippen molar-refractivity contribution >= 4 is 11.6 Å². The first-order chi connectivity index (χ1) is 4.83. The van der Waals surface area contributed by atoms with E-state index in [4.69, 9.17) is 16.7 Å². The average molecular weight is 162 g/mol. The number of β-amino-alcohol motifs (C(OH)–C–C–N with tert-alkyl or cyclic N) is 1. The third-order valence-corrected chi connectivity index (χ3v) is 1.88. The van der Waals surface area contributed by atoms with Gasteiger partial charge in [0, 0.05) is 25.2 Å². The topological polar surface area (TPSA) is 23.5 Å². The van der Waals surface area contributed by atoms with Gasteiger partial charge in [-0.25, -0.2) is 0 Å². The third kappa shape index (κ3) is 2.29. The maximum Gasteiger partial charge on any atom is 0.0679 e. The second-order valence-electron chi connectivity index (χ2n) is 2.56. The number of halogens is 1. The van der Waals surface area contributed by atoms with E-state index in [-0.39, 0.29) is 6.10 Å². The molecule has 0 aromatic rings. The molecule has 1 aliphatic rings. The maximum atomic E-state index is 9.10. The average Bonchev–Trinajstić information content (AvgIpc) is 2.31. The van der Waals surface area contributed by atoms with Crippen molar-refractivity contribution in [2.24, 2.45) is 0 Å².